The van der Waals surface area contributed by atoms with E-state index in [9.17, 15) is 5.11 Å². The van der Waals surface area contributed by atoms with E-state index in [0.717, 1.165) is 51.7 Å². The number of furan rings is 1. The van der Waals surface area contributed by atoms with Crippen molar-refractivity contribution in [1.29, 1.82) is 0 Å². The highest BCUT2D eigenvalue weighted by Crippen LogP contribution is 2.17. The molecule has 0 saturated carbocycles. The fourth-order valence-corrected chi connectivity index (χ4v) is 4.11. The van der Waals surface area contributed by atoms with Gasteiger partial charge >= 0.3 is 0 Å². The average molecular weight is 395 g/mol. The molecule has 150 valence electrons. The number of hydrogen-bond donors (Lipinski definition) is 1. The van der Waals surface area contributed by atoms with Crippen LogP contribution in [0.4, 0.5) is 0 Å². The largest absolute Gasteiger partial charge is 0.467 e. The van der Waals surface area contributed by atoms with Crippen molar-refractivity contribution in [3.8, 4) is 0 Å². The van der Waals surface area contributed by atoms with E-state index >= 15 is 0 Å². The van der Waals surface area contributed by atoms with Gasteiger partial charge in [0.05, 0.1) is 32.2 Å². The Kier molecular flexibility index (Phi) is 8.32. The summed E-state index contributed by atoms with van der Waals surface area (Å²) in [5, 5.41) is 10.4. The van der Waals surface area contributed by atoms with Crippen LogP contribution in [-0.4, -0.2) is 73.6 Å². The van der Waals surface area contributed by atoms with Crippen molar-refractivity contribution in [2.45, 2.75) is 26.2 Å². The molecule has 1 atom stereocenters. The second-order valence-corrected chi connectivity index (χ2v) is 8.32. The second-order valence-electron chi connectivity index (χ2n) is 6.95. The highest BCUT2D eigenvalue weighted by molar-refractivity contribution is 7.11. The second kappa shape index (κ2) is 10.9. The highest BCUT2D eigenvalue weighted by Gasteiger charge is 2.16. The molecule has 2 aromatic rings. The van der Waals surface area contributed by atoms with Crippen LogP contribution in [0.1, 0.15) is 15.5 Å². The molecule has 0 aromatic carbocycles. The first-order valence-electron chi connectivity index (χ1n) is 9.55. The van der Waals surface area contributed by atoms with Gasteiger partial charge in [0.1, 0.15) is 12.4 Å². The molecule has 1 aliphatic heterocycles. The zero-order valence-corrected chi connectivity index (χ0v) is 16.8. The Morgan fingerprint density at radius 1 is 1.30 bits per heavy atom. The maximum absolute atomic E-state index is 10.4. The standard InChI is InChI=1S/C20H30N2O4S/c1-17-4-5-20(27-17)14-22(7-6-21-8-11-24-12-9-21)13-18(23)15-25-16-19-3-2-10-26-19/h2-5,10,18,23H,6-9,11-16H2,1H3/t18-/m1/s1. The molecule has 1 saturated heterocycles. The highest BCUT2D eigenvalue weighted by atomic mass is 32.1. The molecule has 6 nitrogen and oxygen atoms in total. The van der Waals surface area contributed by atoms with E-state index in [1.165, 1.54) is 9.75 Å². The Labute approximate surface area is 165 Å². The summed E-state index contributed by atoms with van der Waals surface area (Å²) >= 11 is 1.82. The number of aryl methyl sites for hydroxylation is 1. The van der Waals surface area contributed by atoms with E-state index in [1.54, 1.807) is 6.26 Å². The molecule has 0 amide bonds. The zero-order valence-electron chi connectivity index (χ0n) is 16.0. The molecule has 1 aliphatic rings. The number of rotatable bonds is 11. The van der Waals surface area contributed by atoms with Gasteiger partial charge in [0, 0.05) is 49.0 Å². The van der Waals surface area contributed by atoms with Gasteiger partial charge in [-0.3, -0.25) is 9.80 Å². The van der Waals surface area contributed by atoms with Crippen molar-refractivity contribution in [3.05, 3.63) is 46.0 Å². The van der Waals surface area contributed by atoms with Crippen molar-refractivity contribution in [3.63, 3.8) is 0 Å². The molecule has 0 spiro atoms. The van der Waals surface area contributed by atoms with Crippen LogP contribution in [0, 0.1) is 6.92 Å². The first-order chi connectivity index (χ1) is 13.2. The molecular formula is C20H30N2O4S. The SMILES string of the molecule is Cc1ccc(CN(CCN2CCOCC2)C[C@@H](O)COCc2ccco2)s1. The van der Waals surface area contributed by atoms with E-state index in [2.05, 4.69) is 28.9 Å². The minimum absolute atomic E-state index is 0.304. The summed E-state index contributed by atoms with van der Waals surface area (Å²) in [6.07, 6.45) is 1.11. The monoisotopic (exact) mass is 394 g/mol. The van der Waals surface area contributed by atoms with Crippen LogP contribution < -0.4 is 0 Å². The zero-order chi connectivity index (χ0) is 18.9. The Bertz CT molecular complexity index is 640. The molecule has 0 bridgehead atoms. The lowest BCUT2D eigenvalue weighted by molar-refractivity contribution is -0.00137. The first kappa shape index (κ1) is 20.5. The van der Waals surface area contributed by atoms with Crippen LogP contribution in [0.15, 0.2) is 34.9 Å². The Morgan fingerprint density at radius 3 is 2.85 bits per heavy atom. The smallest absolute Gasteiger partial charge is 0.129 e. The number of aliphatic hydroxyl groups excluding tert-OH is 1. The molecule has 0 aliphatic carbocycles. The normalized spacial score (nSPS) is 16.9. The third kappa shape index (κ3) is 7.37. The van der Waals surface area contributed by atoms with Crippen LogP contribution >= 0.6 is 11.3 Å². The lowest BCUT2D eigenvalue weighted by atomic mass is 10.3. The summed E-state index contributed by atoms with van der Waals surface area (Å²) in [5.41, 5.74) is 0. The first-order valence-corrected chi connectivity index (χ1v) is 10.4. The summed E-state index contributed by atoms with van der Waals surface area (Å²) in [6.45, 7) is 9.80. The van der Waals surface area contributed by atoms with Crippen molar-refractivity contribution >= 4 is 11.3 Å². The van der Waals surface area contributed by atoms with E-state index in [0.29, 0.717) is 19.8 Å². The fraction of sp³-hybridized carbons (Fsp3) is 0.600. The average Bonchev–Trinajstić information content (AvgIpc) is 3.32. The molecule has 7 heteroatoms. The third-order valence-corrected chi connectivity index (χ3v) is 5.60. The van der Waals surface area contributed by atoms with Gasteiger partial charge in [-0.1, -0.05) is 0 Å². The molecule has 3 heterocycles. The summed E-state index contributed by atoms with van der Waals surface area (Å²) in [5.74, 6) is 0.778. The fourth-order valence-electron chi connectivity index (χ4n) is 3.17. The van der Waals surface area contributed by atoms with Crippen molar-refractivity contribution < 1.29 is 19.0 Å². The predicted molar refractivity (Wildman–Crippen MR) is 106 cm³/mol. The van der Waals surface area contributed by atoms with Crippen LogP contribution in [0.2, 0.25) is 0 Å². The van der Waals surface area contributed by atoms with Crippen molar-refractivity contribution in [2.75, 3.05) is 52.5 Å². The van der Waals surface area contributed by atoms with E-state index in [1.807, 2.05) is 23.5 Å². The number of aliphatic hydroxyl groups is 1. The van der Waals surface area contributed by atoms with Gasteiger partial charge in [0.15, 0.2) is 0 Å². The maximum atomic E-state index is 10.4. The summed E-state index contributed by atoms with van der Waals surface area (Å²) in [4.78, 5) is 7.40. The number of nitrogens with zero attached hydrogens (tertiary/aromatic N) is 2. The van der Waals surface area contributed by atoms with Crippen molar-refractivity contribution in [2.24, 2.45) is 0 Å². The molecule has 0 radical (unpaired) electrons. The molecule has 1 fully saturated rings. The molecule has 3 rings (SSSR count). The number of hydrogen-bond acceptors (Lipinski definition) is 7. The summed E-state index contributed by atoms with van der Waals surface area (Å²) in [6, 6.07) is 8.05. The van der Waals surface area contributed by atoms with Crippen LogP contribution in [0.5, 0.6) is 0 Å². The van der Waals surface area contributed by atoms with Gasteiger partial charge in [-0.15, -0.1) is 11.3 Å². The minimum Gasteiger partial charge on any atom is -0.467 e. The van der Waals surface area contributed by atoms with Gasteiger partial charge in [-0.25, -0.2) is 0 Å². The quantitative estimate of drug-likeness (QED) is 0.631. The van der Waals surface area contributed by atoms with E-state index < -0.39 is 6.10 Å². The number of ether oxygens (including phenoxy) is 2. The number of morpholine rings is 1. The molecular weight excluding hydrogens is 364 g/mol. The minimum atomic E-state index is -0.522. The molecule has 27 heavy (non-hydrogen) atoms. The van der Waals surface area contributed by atoms with Crippen molar-refractivity contribution in [1.82, 2.24) is 9.80 Å². The summed E-state index contributed by atoms with van der Waals surface area (Å²) in [7, 11) is 0. The Balaban J connectivity index is 1.46. The van der Waals surface area contributed by atoms with Crippen LogP contribution in [0.25, 0.3) is 0 Å². The summed E-state index contributed by atoms with van der Waals surface area (Å²) < 4.78 is 16.3. The van der Waals surface area contributed by atoms with Crippen LogP contribution in [0.3, 0.4) is 0 Å². The third-order valence-electron chi connectivity index (χ3n) is 4.62. The van der Waals surface area contributed by atoms with Crippen LogP contribution in [-0.2, 0) is 22.6 Å². The van der Waals surface area contributed by atoms with E-state index in [4.69, 9.17) is 13.9 Å². The Morgan fingerprint density at radius 2 is 2.15 bits per heavy atom. The van der Waals surface area contributed by atoms with Gasteiger partial charge < -0.3 is 19.0 Å². The van der Waals surface area contributed by atoms with Gasteiger partial charge in [0.25, 0.3) is 0 Å². The van der Waals surface area contributed by atoms with Gasteiger partial charge in [-0.05, 0) is 31.2 Å². The number of thiophene rings is 1. The maximum Gasteiger partial charge on any atom is 0.129 e. The molecule has 2 aromatic heterocycles. The van der Waals surface area contributed by atoms with E-state index in [-0.39, 0.29) is 0 Å². The molecule has 1 N–H and O–H groups in total. The lowest BCUT2D eigenvalue weighted by Crippen LogP contribution is -2.43. The lowest BCUT2D eigenvalue weighted by Gasteiger charge is -2.30. The van der Waals surface area contributed by atoms with Gasteiger partial charge in [0.2, 0.25) is 0 Å². The molecule has 0 unspecified atom stereocenters. The topological polar surface area (TPSA) is 58.3 Å². The Hall–Kier alpha value is -1.22. The predicted octanol–water partition coefficient (Wildman–Crippen LogP) is 2.36. The van der Waals surface area contributed by atoms with Gasteiger partial charge in [-0.2, -0.15) is 0 Å².